The van der Waals surface area contributed by atoms with Crippen molar-refractivity contribution in [2.75, 3.05) is 20.2 Å². The molecule has 0 aliphatic carbocycles. The molecule has 0 unspecified atom stereocenters. The summed E-state index contributed by atoms with van der Waals surface area (Å²) < 4.78 is 7.28. The van der Waals surface area contributed by atoms with Gasteiger partial charge in [-0.2, -0.15) is 15.1 Å². The molecular weight excluding hydrogens is 512 g/mol. The van der Waals surface area contributed by atoms with Crippen LogP contribution in [0.5, 0.6) is 5.75 Å². The number of nitrogens with one attached hydrogen (secondary N) is 1. The minimum atomic E-state index is -0.500. The van der Waals surface area contributed by atoms with Crippen molar-refractivity contribution in [3.8, 4) is 11.4 Å². The Balaban J connectivity index is 1.40. The van der Waals surface area contributed by atoms with Gasteiger partial charge < -0.3 is 14.2 Å². The molecule has 3 aliphatic heterocycles. The van der Waals surface area contributed by atoms with Crippen molar-refractivity contribution < 1.29 is 14.3 Å². The molecule has 0 radical (unpaired) electrons. The standard InChI is InChI=1S/C26H27ClN6O3S/c1-15-11-17(16(2)32(15)18-7-8-21(36-3)20(27)13-18)12-19-24(28)33-26(29-25(19)35)37-22(30-33)14-23(34)31-9-5-4-6-10-31/h7-8,11-13,28H,4-6,9-10,14H2,1-3H3/b19-12-,28-24?. The smallest absolute Gasteiger partial charge is 0.283 e. The van der Waals surface area contributed by atoms with Crippen LogP contribution in [0.1, 0.15) is 42.6 Å². The maximum Gasteiger partial charge on any atom is 0.283 e. The van der Waals surface area contributed by atoms with Crippen LogP contribution < -0.4 is 4.74 Å². The molecule has 192 valence electrons. The van der Waals surface area contributed by atoms with Gasteiger partial charge in [-0.05, 0) is 80.8 Å². The van der Waals surface area contributed by atoms with E-state index in [0.717, 1.165) is 55.0 Å². The summed E-state index contributed by atoms with van der Waals surface area (Å²) in [7, 11) is 1.57. The summed E-state index contributed by atoms with van der Waals surface area (Å²) in [5.41, 5.74) is 3.61. The minimum Gasteiger partial charge on any atom is -0.495 e. The van der Waals surface area contributed by atoms with Crippen molar-refractivity contribution in [3.63, 3.8) is 0 Å². The maximum absolute atomic E-state index is 12.9. The van der Waals surface area contributed by atoms with E-state index in [1.54, 1.807) is 13.2 Å². The largest absolute Gasteiger partial charge is 0.495 e. The number of aliphatic imine (C=N–C) groups is 1. The second-order valence-electron chi connectivity index (χ2n) is 9.11. The number of ether oxygens (including phenoxy) is 1. The lowest BCUT2D eigenvalue weighted by Crippen LogP contribution is -2.36. The van der Waals surface area contributed by atoms with E-state index >= 15 is 0 Å². The zero-order valence-corrected chi connectivity index (χ0v) is 22.4. The Labute approximate surface area is 224 Å². The lowest BCUT2D eigenvalue weighted by molar-refractivity contribution is -0.130. The number of benzene rings is 1. The number of likely N-dealkylation sites (tertiary alicyclic amines) is 1. The van der Waals surface area contributed by atoms with Gasteiger partial charge in [0.25, 0.3) is 5.91 Å². The molecule has 2 aromatic rings. The van der Waals surface area contributed by atoms with Crippen molar-refractivity contribution in [3.05, 3.63) is 51.8 Å². The molecule has 0 saturated carbocycles. The third-order valence-corrected chi connectivity index (χ3v) is 7.88. The minimum absolute atomic E-state index is 0.0195. The second kappa shape index (κ2) is 10.2. The lowest BCUT2D eigenvalue weighted by Gasteiger charge is -2.26. The molecule has 0 bridgehead atoms. The molecule has 1 fully saturated rings. The van der Waals surface area contributed by atoms with Gasteiger partial charge in [-0.1, -0.05) is 11.6 Å². The van der Waals surface area contributed by atoms with E-state index in [1.165, 1.54) is 16.8 Å². The average Bonchev–Trinajstić information content (AvgIpc) is 3.41. The van der Waals surface area contributed by atoms with Crippen molar-refractivity contribution in [1.29, 1.82) is 5.41 Å². The van der Waals surface area contributed by atoms with Gasteiger partial charge in [0.2, 0.25) is 11.1 Å². The van der Waals surface area contributed by atoms with Crippen LogP contribution in [0.2, 0.25) is 5.02 Å². The van der Waals surface area contributed by atoms with Crippen molar-refractivity contribution in [2.24, 2.45) is 10.1 Å². The first kappa shape index (κ1) is 25.3. The van der Waals surface area contributed by atoms with E-state index in [9.17, 15) is 9.59 Å². The summed E-state index contributed by atoms with van der Waals surface area (Å²) in [6, 6.07) is 7.49. The summed E-state index contributed by atoms with van der Waals surface area (Å²) in [5, 5.41) is 15.8. The molecule has 11 heteroatoms. The number of carbonyl (C=O) groups excluding carboxylic acids is 2. The third-order valence-electron chi connectivity index (χ3n) is 6.67. The van der Waals surface area contributed by atoms with Gasteiger partial charge in [-0.15, -0.1) is 0 Å². The zero-order chi connectivity index (χ0) is 26.3. The molecule has 1 saturated heterocycles. The molecule has 4 heterocycles. The Bertz CT molecular complexity index is 1400. The maximum atomic E-state index is 12.9. The van der Waals surface area contributed by atoms with Crippen LogP contribution in [0.15, 0.2) is 39.9 Å². The quantitative estimate of drug-likeness (QED) is 0.552. The number of piperidine rings is 1. The summed E-state index contributed by atoms with van der Waals surface area (Å²) >= 11 is 7.52. The van der Waals surface area contributed by atoms with E-state index in [1.807, 2.05) is 47.6 Å². The molecule has 1 aromatic carbocycles. The summed E-state index contributed by atoms with van der Waals surface area (Å²) in [6.07, 6.45) is 5.00. The van der Waals surface area contributed by atoms with E-state index < -0.39 is 5.91 Å². The first-order valence-corrected chi connectivity index (χ1v) is 13.3. The zero-order valence-electron chi connectivity index (χ0n) is 20.9. The van der Waals surface area contributed by atoms with Crippen molar-refractivity contribution >= 4 is 57.3 Å². The molecule has 37 heavy (non-hydrogen) atoms. The van der Waals surface area contributed by atoms with Crippen LogP contribution in [0, 0.1) is 19.3 Å². The molecule has 0 atom stereocenters. The van der Waals surface area contributed by atoms with Gasteiger partial charge in [0.05, 0.1) is 24.1 Å². The number of thioether (sulfide) groups is 1. The van der Waals surface area contributed by atoms with Gasteiger partial charge in [-0.25, -0.2) is 0 Å². The highest BCUT2D eigenvalue weighted by Crippen LogP contribution is 2.32. The number of fused-ring (bicyclic) bond motifs is 1. The fourth-order valence-corrected chi connectivity index (χ4v) is 5.90. The van der Waals surface area contributed by atoms with Gasteiger partial charge in [0.1, 0.15) is 10.8 Å². The van der Waals surface area contributed by atoms with Crippen molar-refractivity contribution in [2.45, 2.75) is 39.5 Å². The van der Waals surface area contributed by atoms with Crippen molar-refractivity contribution in [1.82, 2.24) is 14.5 Å². The average molecular weight is 539 g/mol. The summed E-state index contributed by atoms with van der Waals surface area (Å²) in [5.74, 6) is 0.0531. The molecule has 1 N–H and O–H groups in total. The highest BCUT2D eigenvalue weighted by Gasteiger charge is 2.36. The van der Waals surface area contributed by atoms with Gasteiger partial charge in [0.15, 0.2) is 5.84 Å². The van der Waals surface area contributed by atoms with E-state index in [0.29, 0.717) is 21.0 Å². The predicted octanol–water partition coefficient (Wildman–Crippen LogP) is 4.78. The Morgan fingerprint density at radius 1 is 1.22 bits per heavy atom. The first-order valence-electron chi connectivity index (χ1n) is 12.1. The van der Waals surface area contributed by atoms with Gasteiger partial charge in [0, 0.05) is 30.2 Å². The van der Waals surface area contributed by atoms with E-state index in [-0.39, 0.29) is 23.7 Å². The van der Waals surface area contributed by atoms with E-state index in [2.05, 4.69) is 10.1 Å². The third kappa shape index (κ3) is 4.83. The number of carbonyl (C=O) groups is 2. The number of hydrazone groups is 1. The number of amidine groups is 2. The normalized spacial score (nSPS) is 18.8. The fraction of sp³-hybridized carbons (Fsp3) is 0.346. The number of hydrogen-bond acceptors (Lipinski definition) is 6. The Morgan fingerprint density at radius 2 is 1.97 bits per heavy atom. The number of aryl methyl sites for hydroxylation is 1. The first-order chi connectivity index (χ1) is 17.8. The highest BCUT2D eigenvalue weighted by molar-refractivity contribution is 8.27. The van der Waals surface area contributed by atoms with Gasteiger partial charge >= 0.3 is 0 Å². The molecule has 0 spiro atoms. The molecule has 3 aliphatic rings. The number of rotatable bonds is 5. The SMILES string of the molecule is COc1ccc(-n2c(C)cc(/C=C3/C(=N)N4N=C(CC(=O)N5CCCCC5)SC4=NC3=O)c2C)cc1Cl. The Kier molecular flexibility index (Phi) is 6.96. The molecular formula is C26H27ClN6O3S. The summed E-state index contributed by atoms with van der Waals surface area (Å²) in [6.45, 7) is 5.44. The van der Waals surface area contributed by atoms with Crippen LogP contribution >= 0.6 is 23.4 Å². The fourth-order valence-electron chi connectivity index (χ4n) is 4.77. The van der Waals surface area contributed by atoms with Crippen LogP contribution in [0.25, 0.3) is 11.8 Å². The van der Waals surface area contributed by atoms with Crippen LogP contribution in [0.4, 0.5) is 0 Å². The molecule has 9 nitrogen and oxygen atoms in total. The van der Waals surface area contributed by atoms with Crippen LogP contribution in [-0.2, 0) is 9.59 Å². The molecule has 2 amide bonds. The summed E-state index contributed by atoms with van der Waals surface area (Å²) in [4.78, 5) is 31.6. The number of hydrogen-bond donors (Lipinski definition) is 1. The lowest BCUT2D eigenvalue weighted by atomic mass is 10.1. The number of aromatic nitrogens is 1. The monoisotopic (exact) mass is 538 g/mol. The topological polar surface area (TPSA) is 103 Å². The molecule has 5 rings (SSSR count). The number of amides is 2. The molecule has 1 aromatic heterocycles. The second-order valence-corrected chi connectivity index (χ2v) is 10.6. The number of halogens is 1. The van der Waals surface area contributed by atoms with Crippen LogP contribution in [-0.4, -0.2) is 62.5 Å². The van der Waals surface area contributed by atoms with Crippen LogP contribution in [0.3, 0.4) is 0 Å². The van der Waals surface area contributed by atoms with Gasteiger partial charge in [-0.3, -0.25) is 15.0 Å². The Hall–Kier alpha value is -3.37. The highest BCUT2D eigenvalue weighted by atomic mass is 35.5. The Morgan fingerprint density at radius 3 is 2.68 bits per heavy atom. The number of nitrogens with zero attached hydrogens (tertiary/aromatic N) is 5. The number of methoxy groups -OCH3 is 1. The predicted molar refractivity (Wildman–Crippen MR) is 147 cm³/mol. The van der Waals surface area contributed by atoms with E-state index in [4.69, 9.17) is 21.7 Å².